The Bertz CT molecular complexity index is 381. The maximum atomic E-state index is 7.55. The van der Waals surface area contributed by atoms with Crippen LogP contribution in [-0.4, -0.2) is 9.78 Å². The van der Waals surface area contributed by atoms with Gasteiger partial charge in [0.25, 0.3) is 0 Å². The van der Waals surface area contributed by atoms with E-state index in [-0.39, 0.29) is 0 Å². The molecule has 0 spiro atoms. The zero-order chi connectivity index (χ0) is 12.0. The Kier molecular flexibility index (Phi) is 0.930. The molecule has 0 saturated carbocycles. The van der Waals surface area contributed by atoms with Gasteiger partial charge in [-0.3, -0.25) is 4.68 Å². The Labute approximate surface area is 76.4 Å². The molecule has 0 amide bonds. The third-order valence-electron chi connectivity index (χ3n) is 1.31. The lowest BCUT2D eigenvalue weighted by molar-refractivity contribution is 0.634. The van der Waals surface area contributed by atoms with Gasteiger partial charge in [0.15, 0.2) is 0 Å². The van der Waals surface area contributed by atoms with E-state index in [0.717, 1.165) is 4.68 Å². The molecule has 1 heterocycles. The molecule has 0 atom stereocenters. The maximum absolute atomic E-state index is 7.55. The summed E-state index contributed by atoms with van der Waals surface area (Å²) >= 11 is 3.23. The lowest BCUT2D eigenvalue weighted by Gasteiger charge is -1.96. The van der Waals surface area contributed by atoms with Gasteiger partial charge in [0, 0.05) is 16.3 Å². The van der Waals surface area contributed by atoms with E-state index in [2.05, 4.69) is 21.0 Å². The SMILES string of the molecule is [2H]C([2H])([2H])C([2H])([2H])n1nc(C)c(Br)c1C. The Morgan fingerprint density at radius 1 is 1.80 bits per heavy atom. The summed E-state index contributed by atoms with van der Waals surface area (Å²) in [4.78, 5) is 0. The highest BCUT2D eigenvalue weighted by Gasteiger charge is 2.05. The van der Waals surface area contributed by atoms with Gasteiger partial charge in [-0.1, -0.05) is 0 Å². The minimum atomic E-state index is -2.74. The van der Waals surface area contributed by atoms with E-state index in [1.165, 1.54) is 0 Å². The van der Waals surface area contributed by atoms with Crippen molar-refractivity contribution in [3.8, 4) is 0 Å². The number of aromatic nitrogens is 2. The van der Waals surface area contributed by atoms with Crippen molar-refractivity contribution in [1.29, 1.82) is 0 Å². The summed E-state index contributed by atoms with van der Waals surface area (Å²) in [7, 11) is 0. The van der Waals surface area contributed by atoms with Crippen LogP contribution in [0.2, 0.25) is 0 Å². The van der Waals surface area contributed by atoms with Gasteiger partial charge in [-0.05, 0) is 36.6 Å². The van der Waals surface area contributed by atoms with E-state index < -0.39 is 13.3 Å². The molecule has 0 N–H and O–H groups in total. The van der Waals surface area contributed by atoms with Gasteiger partial charge in [0.1, 0.15) is 0 Å². The third kappa shape index (κ3) is 1.10. The smallest absolute Gasteiger partial charge is 0.0738 e. The second-order valence-electron chi connectivity index (χ2n) is 2.01. The quantitative estimate of drug-likeness (QED) is 0.692. The number of hydrogen-bond donors (Lipinski definition) is 0. The summed E-state index contributed by atoms with van der Waals surface area (Å²) in [5, 5.41) is 3.88. The Balaban J connectivity index is 3.34. The third-order valence-corrected chi connectivity index (χ3v) is 2.46. The lowest BCUT2D eigenvalue weighted by atomic mass is 10.4. The fourth-order valence-electron chi connectivity index (χ4n) is 0.733. The number of halogens is 1. The normalized spacial score (nSPS) is 20.5. The van der Waals surface area contributed by atoms with E-state index in [4.69, 9.17) is 6.85 Å². The topological polar surface area (TPSA) is 17.8 Å². The molecule has 1 rings (SSSR count). The molecule has 0 aromatic carbocycles. The first-order valence-corrected chi connectivity index (χ1v) is 3.60. The Morgan fingerprint density at radius 3 is 2.90 bits per heavy atom. The predicted octanol–water partition coefficient (Wildman–Crippen LogP) is 2.28. The van der Waals surface area contributed by atoms with Crippen molar-refractivity contribution in [3.63, 3.8) is 0 Å². The highest BCUT2D eigenvalue weighted by Crippen LogP contribution is 2.19. The van der Waals surface area contributed by atoms with Crippen LogP contribution >= 0.6 is 15.9 Å². The van der Waals surface area contributed by atoms with Crippen LogP contribution in [0.5, 0.6) is 0 Å². The zero-order valence-electron chi connectivity index (χ0n) is 10.8. The van der Waals surface area contributed by atoms with Crippen LogP contribution in [0.3, 0.4) is 0 Å². The molecule has 0 aliphatic rings. The first-order valence-electron chi connectivity index (χ1n) is 5.31. The summed E-state index contributed by atoms with van der Waals surface area (Å²) in [6, 6.07) is 0. The molecule has 0 radical (unpaired) electrons. The van der Waals surface area contributed by atoms with Gasteiger partial charge in [0.2, 0.25) is 0 Å². The molecule has 56 valence electrons. The Hall–Kier alpha value is -0.310. The summed E-state index contributed by atoms with van der Waals surface area (Å²) in [5.74, 6) is 0. The second kappa shape index (κ2) is 2.74. The second-order valence-corrected chi connectivity index (χ2v) is 2.80. The van der Waals surface area contributed by atoms with Gasteiger partial charge < -0.3 is 0 Å². The highest BCUT2D eigenvalue weighted by molar-refractivity contribution is 9.10. The molecule has 0 aliphatic heterocycles. The van der Waals surface area contributed by atoms with Crippen LogP contribution in [-0.2, 0) is 6.50 Å². The summed E-state index contributed by atoms with van der Waals surface area (Å²) < 4.78 is 38.0. The van der Waals surface area contributed by atoms with Crippen LogP contribution in [0.1, 0.15) is 25.1 Å². The van der Waals surface area contributed by atoms with Gasteiger partial charge in [-0.2, -0.15) is 5.10 Å². The molecule has 0 aliphatic carbocycles. The summed E-state index contributed by atoms with van der Waals surface area (Å²) in [5.41, 5.74) is 1.04. The van der Waals surface area contributed by atoms with Gasteiger partial charge >= 0.3 is 0 Å². The van der Waals surface area contributed by atoms with Crippen LogP contribution in [0.15, 0.2) is 4.47 Å². The molecule has 1 aromatic rings. The fraction of sp³-hybridized carbons (Fsp3) is 0.571. The van der Waals surface area contributed by atoms with Crippen molar-refractivity contribution in [2.45, 2.75) is 27.2 Å². The molecule has 2 nitrogen and oxygen atoms in total. The average Bonchev–Trinajstić information content (AvgIpc) is 2.31. The van der Waals surface area contributed by atoms with E-state index >= 15 is 0 Å². The zero-order valence-corrected chi connectivity index (χ0v) is 7.36. The van der Waals surface area contributed by atoms with Crippen LogP contribution < -0.4 is 0 Å². The maximum Gasteiger partial charge on any atom is 0.0738 e. The van der Waals surface area contributed by atoms with Crippen molar-refractivity contribution < 1.29 is 6.85 Å². The standard InChI is InChI=1S/C7H11BrN2/c1-4-10-6(3)7(8)5(2)9-10/h4H2,1-3H3/i1D3,4D2. The number of rotatable bonds is 1. The average molecular weight is 208 g/mol. The first-order chi connectivity index (χ1) is 6.59. The first kappa shape index (κ1) is 3.39. The highest BCUT2D eigenvalue weighted by atomic mass is 79.9. The molecule has 0 unspecified atom stereocenters. The number of hydrogen-bond acceptors (Lipinski definition) is 1. The van der Waals surface area contributed by atoms with Crippen LogP contribution in [0.4, 0.5) is 0 Å². The minimum Gasteiger partial charge on any atom is -0.269 e. The van der Waals surface area contributed by atoms with Crippen molar-refractivity contribution >= 4 is 15.9 Å². The van der Waals surface area contributed by atoms with E-state index in [0.29, 0.717) is 15.9 Å². The largest absolute Gasteiger partial charge is 0.269 e. The molecule has 3 heteroatoms. The van der Waals surface area contributed by atoms with E-state index in [1.54, 1.807) is 13.8 Å². The molecule has 10 heavy (non-hydrogen) atoms. The van der Waals surface area contributed by atoms with Crippen LogP contribution in [0, 0.1) is 13.8 Å². The predicted molar refractivity (Wildman–Crippen MR) is 45.1 cm³/mol. The molecular formula is C7H11BrN2. The Morgan fingerprint density at radius 2 is 2.50 bits per heavy atom. The molecule has 0 saturated heterocycles. The summed E-state index contributed by atoms with van der Waals surface area (Å²) in [6.45, 7) is -1.93. The number of nitrogens with zero attached hydrogens (tertiary/aromatic N) is 2. The van der Waals surface area contributed by atoms with Gasteiger partial charge in [-0.15, -0.1) is 0 Å². The van der Waals surface area contributed by atoms with Gasteiger partial charge in [0.05, 0.1) is 12.9 Å². The summed E-state index contributed by atoms with van der Waals surface area (Å²) in [6.07, 6.45) is 0. The van der Waals surface area contributed by atoms with Crippen LogP contribution in [0.25, 0.3) is 0 Å². The molecule has 0 bridgehead atoms. The van der Waals surface area contributed by atoms with Gasteiger partial charge in [-0.25, -0.2) is 0 Å². The van der Waals surface area contributed by atoms with Crippen molar-refractivity contribution in [3.05, 3.63) is 15.9 Å². The van der Waals surface area contributed by atoms with Crippen molar-refractivity contribution in [2.75, 3.05) is 0 Å². The lowest BCUT2D eigenvalue weighted by Crippen LogP contribution is -1.98. The van der Waals surface area contributed by atoms with E-state index in [9.17, 15) is 0 Å². The molecule has 1 aromatic heterocycles. The minimum absolute atomic E-state index is 0.466. The number of aryl methyl sites for hydroxylation is 2. The van der Waals surface area contributed by atoms with E-state index in [1.807, 2.05) is 0 Å². The molecular weight excluding hydrogens is 192 g/mol. The monoisotopic (exact) mass is 207 g/mol. The van der Waals surface area contributed by atoms with Crippen molar-refractivity contribution in [2.24, 2.45) is 0 Å². The molecule has 0 fully saturated rings. The van der Waals surface area contributed by atoms with Crippen molar-refractivity contribution in [1.82, 2.24) is 9.78 Å². The fourth-order valence-corrected chi connectivity index (χ4v) is 0.980.